The van der Waals surface area contributed by atoms with Crippen LogP contribution in [0.2, 0.25) is 0 Å². The first-order chi connectivity index (χ1) is 6.84. The van der Waals surface area contributed by atoms with Crippen molar-refractivity contribution in [3.63, 3.8) is 0 Å². The van der Waals surface area contributed by atoms with E-state index in [1.165, 1.54) is 4.90 Å². The molecule has 0 unspecified atom stereocenters. The van der Waals surface area contributed by atoms with E-state index in [2.05, 4.69) is 22.7 Å². The largest absolute Gasteiger partial charge is 0.273 e. The van der Waals surface area contributed by atoms with E-state index in [-0.39, 0.29) is 5.91 Å². The summed E-state index contributed by atoms with van der Waals surface area (Å²) in [5.41, 5.74) is 3.36. The Morgan fingerprint density at radius 1 is 1.36 bits per heavy atom. The van der Waals surface area contributed by atoms with Crippen molar-refractivity contribution in [3.8, 4) is 0 Å². The van der Waals surface area contributed by atoms with E-state index in [4.69, 9.17) is 0 Å². The molecule has 4 heteroatoms. The number of hydrogen-bond acceptors (Lipinski definition) is 3. The summed E-state index contributed by atoms with van der Waals surface area (Å²) < 4.78 is 0. The van der Waals surface area contributed by atoms with Gasteiger partial charge in [0.1, 0.15) is 0 Å². The normalized spacial score (nSPS) is 15.1. The molecular weight excluding hydrogens is 196 g/mol. The summed E-state index contributed by atoms with van der Waals surface area (Å²) >= 11 is 1.70. The second-order valence-electron chi connectivity index (χ2n) is 2.99. The minimum absolute atomic E-state index is 0.00587. The van der Waals surface area contributed by atoms with Gasteiger partial charge in [0.25, 0.3) is 0 Å². The highest BCUT2D eigenvalue weighted by Gasteiger charge is 2.13. The van der Waals surface area contributed by atoms with Crippen molar-refractivity contribution in [1.29, 1.82) is 0 Å². The number of nitrogens with zero attached hydrogens (tertiary/aromatic N) is 1. The second kappa shape index (κ2) is 4.28. The fraction of sp³-hybridized carbons (Fsp3) is 0.200. The quantitative estimate of drug-likeness (QED) is 0.764. The van der Waals surface area contributed by atoms with Crippen LogP contribution in [0, 0.1) is 0 Å². The molecule has 1 aromatic rings. The maximum Gasteiger partial charge on any atom is 0.245 e. The van der Waals surface area contributed by atoms with Gasteiger partial charge in [-0.3, -0.25) is 4.79 Å². The molecule has 72 valence electrons. The van der Waals surface area contributed by atoms with Crippen molar-refractivity contribution >= 4 is 23.4 Å². The van der Waals surface area contributed by atoms with Crippen LogP contribution in [-0.4, -0.2) is 17.4 Å². The number of thioether (sulfide) groups is 1. The average Bonchev–Trinajstić information content (AvgIpc) is 2.63. The third-order valence-electron chi connectivity index (χ3n) is 1.85. The molecule has 1 heterocycles. The summed E-state index contributed by atoms with van der Waals surface area (Å²) in [6.07, 6.45) is 0.444. The van der Waals surface area contributed by atoms with Gasteiger partial charge in [0.2, 0.25) is 5.91 Å². The molecular formula is C10H10N2OS. The molecule has 0 radical (unpaired) electrons. The molecule has 0 aromatic heterocycles. The lowest BCUT2D eigenvalue weighted by Gasteiger charge is -1.98. The number of nitrogens with one attached hydrogen (secondary N) is 1. The van der Waals surface area contributed by atoms with Crippen molar-refractivity contribution in [1.82, 2.24) is 5.43 Å². The average molecular weight is 206 g/mol. The van der Waals surface area contributed by atoms with Gasteiger partial charge in [-0.25, -0.2) is 5.43 Å². The van der Waals surface area contributed by atoms with Gasteiger partial charge in [-0.05, 0) is 12.1 Å². The smallest absolute Gasteiger partial charge is 0.245 e. The number of hydrazone groups is 1. The highest BCUT2D eigenvalue weighted by atomic mass is 32.2. The number of benzene rings is 1. The van der Waals surface area contributed by atoms with Gasteiger partial charge < -0.3 is 0 Å². The summed E-state index contributed by atoms with van der Waals surface area (Å²) in [7, 11) is 0. The predicted octanol–water partition coefficient (Wildman–Crippen LogP) is 1.65. The van der Waals surface area contributed by atoms with Gasteiger partial charge >= 0.3 is 0 Å². The fourth-order valence-electron chi connectivity index (χ4n) is 1.17. The molecule has 1 aromatic carbocycles. The van der Waals surface area contributed by atoms with E-state index in [1.807, 2.05) is 18.2 Å². The Morgan fingerprint density at radius 3 is 2.79 bits per heavy atom. The summed E-state index contributed by atoms with van der Waals surface area (Å²) in [6.45, 7) is 0. The van der Waals surface area contributed by atoms with Gasteiger partial charge in [0.05, 0.1) is 12.1 Å². The van der Waals surface area contributed by atoms with Crippen LogP contribution in [0.15, 0.2) is 40.3 Å². The Bertz CT molecular complexity index is 362. The van der Waals surface area contributed by atoms with E-state index < -0.39 is 0 Å². The topological polar surface area (TPSA) is 41.5 Å². The van der Waals surface area contributed by atoms with Crippen molar-refractivity contribution in [2.75, 3.05) is 5.75 Å². The third-order valence-corrected chi connectivity index (χ3v) is 2.94. The SMILES string of the molecule is O=C1CC(CSc2ccccc2)=NN1. The molecule has 1 N–H and O–H groups in total. The standard InChI is InChI=1S/C10H10N2OS/c13-10-6-8(11-12-10)7-14-9-4-2-1-3-5-9/h1-5H,6-7H2,(H,12,13). The maximum absolute atomic E-state index is 10.8. The number of carbonyl (C=O) groups excluding carboxylic acids is 1. The van der Waals surface area contributed by atoms with Gasteiger partial charge in [0, 0.05) is 10.6 Å². The van der Waals surface area contributed by atoms with E-state index in [0.717, 1.165) is 11.5 Å². The highest BCUT2D eigenvalue weighted by molar-refractivity contribution is 8.00. The molecule has 0 fully saturated rings. The Morgan fingerprint density at radius 2 is 2.14 bits per heavy atom. The predicted molar refractivity (Wildman–Crippen MR) is 57.4 cm³/mol. The third kappa shape index (κ3) is 2.35. The first-order valence-corrected chi connectivity index (χ1v) is 5.35. The Labute approximate surface area is 86.6 Å². The molecule has 2 rings (SSSR count). The van der Waals surface area contributed by atoms with Crippen LogP contribution in [0.1, 0.15) is 6.42 Å². The molecule has 3 nitrogen and oxygen atoms in total. The van der Waals surface area contributed by atoms with Crippen molar-refractivity contribution < 1.29 is 4.79 Å². The molecule has 0 saturated heterocycles. The monoisotopic (exact) mass is 206 g/mol. The van der Waals surface area contributed by atoms with E-state index in [9.17, 15) is 4.79 Å². The van der Waals surface area contributed by atoms with Gasteiger partial charge in [-0.1, -0.05) is 18.2 Å². The summed E-state index contributed by atoms with van der Waals surface area (Å²) in [4.78, 5) is 12.0. The number of carbonyl (C=O) groups is 1. The van der Waals surface area contributed by atoms with Crippen LogP contribution in [-0.2, 0) is 4.79 Å². The number of amides is 1. The Balaban J connectivity index is 1.86. The minimum atomic E-state index is -0.00587. The molecule has 1 amide bonds. The molecule has 0 bridgehead atoms. The van der Waals surface area contributed by atoms with Crippen LogP contribution >= 0.6 is 11.8 Å². The minimum Gasteiger partial charge on any atom is -0.273 e. The molecule has 1 aliphatic rings. The highest BCUT2D eigenvalue weighted by Crippen LogP contribution is 2.18. The molecule has 0 atom stereocenters. The lowest BCUT2D eigenvalue weighted by molar-refractivity contribution is -0.119. The fourth-order valence-corrected chi connectivity index (χ4v) is 2.02. The van der Waals surface area contributed by atoms with Crippen LogP contribution in [0.3, 0.4) is 0 Å². The van der Waals surface area contributed by atoms with E-state index in [0.29, 0.717) is 6.42 Å². The van der Waals surface area contributed by atoms with E-state index >= 15 is 0 Å². The van der Waals surface area contributed by atoms with Crippen molar-refractivity contribution in [2.45, 2.75) is 11.3 Å². The van der Waals surface area contributed by atoms with Gasteiger partial charge in [-0.2, -0.15) is 5.10 Å². The summed E-state index contributed by atoms with van der Waals surface area (Å²) in [5, 5.41) is 3.93. The Hall–Kier alpha value is -1.29. The second-order valence-corrected chi connectivity index (χ2v) is 4.04. The van der Waals surface area contributed by atoms with Crippen LogP contribution < -0.4 is 5.43 Å². The van der Waals surface area contributed by atoms with Gasteiger partial charge in [0.15, 0.2) is 0 Å². The summed E-state index contributed by atoms with van der Waals surface area (Å²) in [6, 6.07) is 10.1. The van der Waals surface area contributed by atoms with Crippen molar-refractivity contribution in [3.05, 3.63) is 30.3 Å². The van der Waals surface area contributed by atoms with E-state index in [1.54, 1.807) is 11.8 Å². The van der Waals surface area contributed by atoms with Crippen LogP contribution in [0.25, 0.3) is 0 Å². The molecule has 14 heavy (non-hydrogen) atoms. The lowest BCUT2D eigenvalue weighted by atomic mass is 10.3. The zero-order chi connectivity index (χ0) is 9.80. The van der Waals surface area contributed by atoms with Crippen LogP contribution in [0.4, 0.5) is 0 Å². The molecule has 0 saturated carbocycles. The van der Waals surface area contributed by atoms with Crippen molar-refractivity contribution in [2.24, 2.45) is 5.10 Å². The molecule has 1 aliphatic heterocycles. The van der Waals surface area contributed by atoms with Crippen LogP contribution in [0.5, 0.6) is 0 Å². The molecule has 0 aliphatic carbocycles. The zero-order valence-electron chi connectivity index (χ0n) is 7.56. The summed E-state index contributed by atoms with van der Waals surface area (Å²) in [5.74, 6) is 0.775. The number of hydrogen-bond donors (Lipinski definition) is 1. The first-order valence-electron chi connectivity index (χ1n) is 4.37. The van der Waals surface area contributed by atoms with Gasteiger partial charge in [-0.15, -0.1) is 11.8 Å². The number of rotatable bonds is 3. The molecule has 0 spiro atoms. The maximum atomic E-state index is 10.8. The first kappa shape index (κ1) is 9.27. The lowest BCUT2D eigenvalue weighted by Crippen LogP contribution is -2.09. The Kier molecular flexibility index (Phi) is 2.84. The zero-order valence-corrected chi connectivity index (χ0v) is 8.38.